The quantitative estimate of drug-likeness (QED) is 0.512. The molecule has 4 rings (SSSR count). The van der Waals surface area contributed by atoms with Crippen molar-refractivity contribution in [1.29, 1.82) is 0 Å². The third kappa shape index (κ3) is 4.06. The molecule has 0 aromatic heterocycles. The molecule has 0 bridgehead atoms. The number of carbonyl (C=O) groups is 1. The molecule has 3 aromatic rings. The van der Waals surface area contributed by atoms with Gasteiger partial charge in [-0.15, -0.1) is 0 Å². The highest BCUT2D eigenvalue weighted by Gasteiger charge is 2.29. The molecule has 0 fully saturated rings. The van der Waals surface area contributed by atoms with Gasteiger partial charge in [0.2, 0.25) is 0 Å². The summed E-state index contributed by atoms with van der Waals surface area (Å²) in [6.45, 7) is 8.34. The zero-order valence-electron chi connectivity index (χ0n) is 18.7. The second kappa shape index (κ2) is 7.95. The monoisotopic (exact) mass is 412 g/mol. The summed E-state index contributed by atoms with van der Waals surface area (Å²) in [5.41, 5.74) is 7.05. The van der Waals surface area contributed by atoms with Crippen LogP contribution in [-0.4, -0.2) is 18.6 Å². The molecule has 2 N–H and O–H groups in total. The first-order valence-electron chi connectivity index (χ1n) is 10.5. The highest BCUT2D eigenvalue weighted by Crippen LogP contribution is 2.42. The number of fused-ring (bicyclic) bond motifs is 1. The highest BCUT2D eigenvalue weighted by atomic mass is 16.5. The molecule has 0 spiro atoms. The van der Waals surface area contributed by atoms with E-state index in [9.17, 15) is 4.79 Å². The number of benzene rings is 3. The normalized spacial score (nSPS) is 14.2. The van der Waals surface area contributed by atoms with Gasteiger partial charge in [0.25, 0.3) is 5.91 Å². The van der Waals surface area contributed by atoms with Gasteiger partial charge in [-0.05, 0) is 63.1 Å². The van der Waals surface area contributed by atoms with Gasteiger partial charge in [0, 0.05) is 22.5 Å². The van der Waals surface area contributed by atoms with Crippen LogP contribution in [0.25, 0.3) is 16.7 Å². The molecule has 1 amide bonds. The van der Waals surface area contributed by atoms with Gasteiger partial charge >= 0.3 is 0 Å². The topological polar surface area (TPSA) is 50.4 Å². The predicted molar refractivity (Wildman–Crippen MR) is 129 cm³/mol. The third-order valence-electron chi connectivity index (χ3n) is 5.57. The summed E-state index contributed by atoms with van der Waals surface area (Å²) >= 11 is 0. The fraction of sp³-hybridized carbons (Fsp3) is 0.222. The summed E-state index contributed by atoms with van der Waals surface area (Å²) in [4.78, 5) is 13.7. The standard InChI is InChI=1S/C27H28N2O2/c1-17-10-12-19(13-11-17)28-26(30)25-21(20-8-6-7-9-23(20)31-5)14-15-22-24(25)18(2)16-27(3,4)29-22/h6-16,29H,1-5H3,(H,28,30). The Morgan fingerprint density at radius 3 is 2.35 bits per heavy atom. The third-order valence-corrected chi connectivity index (χ3v) is 5.57. The van der Waals surface area contributed by atoms with E-state index in [1.54, 1.807) is 7.11 Å². The fourth-order valence-electron chi connectivity index (χ4n) is 4.27. The summed E-state index contributed by atoms with van der Waals surface area (Å²) in [6, 6.07) is 19.7. The van der Waals surface area contributed by atoms with Crippen LogP contribution in [0.1, 0.15) is 42.3 Å². The van der Waals surface area contributed by atoms with Crippen molar-refractivity contribution >= 4 is 22.9 Å². The Morgan fingerprint density at radius 2 is 1.65 bits per heavy atom. The minimum atomic E-state index is -0.187. The van der Waals surface area contributed by atoms with Gasteiger partial charge in [0.05, 0.1) is 18.2 Å². The van der Waals surface area contributed by atoms with E-state index in [0.29, 0.717) is 5.56 Å². The van der Waals surface area contributed by atoms with Crippen molar-refractivity contribution in [2.45, 2.75) is 33.2 Å². The average Bonchev–Trinajstić information content (AvgIpc) is 2.73. The minimum Gasteiger partial charge on any atom is -0.496 e. The Hall–Kier alpha value is -3.53. The molecule has 1 aliphatic rings. The number of para-hydroxylation sites is 1. The molecule has 0 unspecified atom stereocenters. The van der Waals surface area contributed by atoms with Gasteiger partial charge in [0.15, 0.2) is 0 Å². The summed E-state index contributed by atoms with van der Waals surface area (Å²) in [6.07, 6.45) is 2.17. The molecular weight excluding hydrogens is 384 g/mol. The van der Waals surface area contributed by atoms with E-state index in [-0.39, 0.29) is 11.4 Å². The second-order valence-corrected chi connectivity index (χ2v) is 8.61. The lowest BCUT2D eigenvalue weighted by Crippen LogP contribution is -2.32. The molecule has 0 atom stereocenters. The molecule has 0 radical (unpaired) electrons. The van der Waals surface area contributed by atoms with Crippen molar-refractivity contribution in [3.8, 4) is 16.9 Å². The minimum absolute atomic E-state index is 0.143. The van der Waals surface area contributed by atoms with E-state index in [4.69, 9.17) is 4.74 Å². The Morgan fingerprint density at radius 1 is 0.935 bits per heavy atom. The molecule has 158 valence electrons. The maximum atomic E-state index is 13.7. The van der Waals surface area contributed by atoms with Crippen LogP contribution in [0.4, 0.5) is 11.4 Å². The highest BCUT2D eigenvalue weighted by molar-refractivity contribution is 6.14. The molecule has 1 aliphatic heterocycles. The molecule has 3 aromatic carbocycles. The lowest BCUT2D eigenvalue weighted by molar-refractivity contribution is 0.102. The number of nitrogens with one attached hydrogen (secondary N) is 2. The van der Waals surface area contributed by atoms with E-state index < -0.39 is 0 Å². The van der Waals surface area contributed by atoms with Crippen molar-refractivity contribution in [1.82, 2.24) is 0 Å². The summed E-state index contributed by atoms with van der Waals surface area (Å²) in [5.74, 6) is 0.591. The first kappa shape index (κ1) is 20.7. The number of hydrogen-bond donors (Lipinski definition) is 2. The molecule has 4 heteroatoms. The smallest absolute Gasteiger partial charge is 0.256 e. The number of amides is 1. The van der Waals surface area contributed by atoms with Crippen LogP contribution in [0.2, 0.25) is 0 Å². The van der Waals surface area contributed by atoms with Gasteiger partial charge in [-0.1, -0.05) is 48.0 Å². The number of anilines is 2. The van der Waals surface area contributed by atoms with Gasteiger partial charge < -0.3 is 15.4 Å². The van der Waals surface area contributed by atoms with Crippen molar-refractivity contribution in [3.05, 3.63) is 83.4 Å². The number of rotatable bonds is 4. The van der Waals surface area contributed by atoms with Crippen LogP contribution in [0.5, 0.6) is 5.75 Å². The summed E-state index contributed by atoms with van der Waals surface area (Å²) in [5, 5.41) is 6.64. The zero-order chi connectivity index (χ0) is 22.2. The molecule has 0 saturated carbocycles. The second-order valence-electron chi connectivity index (χ2n) is 8.61. The Balaban J connectivity index is 1.91. The molecule has 1 heterocycles. The maximum absolute atomic E-state index is 13.7. The predicted octanol–water partition coefficient (Wildman–Crippen LogP) is 6.53. The Labute approximate surface area is 184 Å². The molecular formula is C27H28N2O2. The van der Waals surface area contributed by atoms with E-state index in [2.05, 4.69) is 43.5 Å². The first-order valence-corrected chi connectivity index (χ1v) is 10.5. The van der Waals surface area contributed by atoms with Crippen LogP contribution in [-0.2, 0) is 0 Å². The number of carbonyl (C=O) groups excluding carboxylic acids is 1. The molecule has 31 heavy (non-hydrogen) atoms. The number of methoxy groups -OCH3 is 1. The van der Waals surface area contributed by atoms with Gasteiger partial charge in [-0.3, -0.25) is 4.79 Å². The van der Waals surface area contributed by atoms with Crippen LogP contribution in [0, 0.1) is 6.92 Å². The Kier molecular flexibility index (Phi) is 5.32. The lowest BCUT2D eigenvalue weighted by atomic mass is 9.84. The molecule has 4 nitrogen and oxygen atoms in total. The van der Waals surface area contributed by atoms with Crippen LogP contribution < -0.4 is 15.4 Å². The van der Waals surface area contributed by atoms with E-state index in [0.717, 1.165) is 45.0 Å². The number of hydrogen-bond acceptors (Lipinski definition) is 3. The van der Waals surface area contributed by atoms with Crippen LogP contribution in [0.15, 0.2) is 66.7 Å². The SMILES string of the molecule is COc1ccccc1-c1ccc2c(c1C(=O)Nc1ccc(C)cc1)C(C)=CC(C)(C)N2. The maximum Gasteiger partial charge on any atom is 0.256 e. The van der Waals surface area contributed by atoms with Crippen molar-refractivity contribution in [2.24, 2.45) is 0 Å². The van der Waals surface area contributed by atoms with Crippen LogP contribution >= 0.6 is 0 Å². The van der Waals surface area contributed by atoms with E-state index in [1.165, 1.54) is 0 Å². The molecule has 0 aliphatic carbocycles. The lowest BCUT2D eigenvalue weighted by Gasteiger charge is -2.33. The van der Waals surface area contributed by atoms with E-state index in [1.807, 2.05) is 61.5 Å². The van der Waals surface area contributed by atoms with Gasteiger partial charge in [-0.2, -0.15) is 0 Å². The van der Waals surface area contributed by atoms with Gasteiger partial charge in [0.1, 0.15) is 5.75 Å². The fourth-order valence-corrected chi connectivity index (χ4v) is 4.27. The summed E-state index contributed by atoms with van der Waals surface area (Å²) in [7, 11) is 1.65. The van der Waals surface area contributed by atoms with E-state index >= 15 is 0 Å². The number of aryl methyl sites for hydroxylation is 1. The number of ether oxygens (including phenoxy) is 1. The van der Waals surface area contributed by atoms with Crippen molar-refractivity contribution in [2.75, 3.05) is 17.7 Å². The largest absolute Gasteiger partial charge is 0.496 e. The molecule has 0 saturated heterocycles. The first-order chi connectivity index (χ1) is 14.8. The van der Waals surface area contributed by atoms with Crippen molar-refractivity contribution in [3.63, 3.8) is 0 Å². The average molecular weight is 413 g/mol. The summed E-state index contributed by atoms with van der Waals surface area (Å²) < 4.78 is 5.61. The number of allylic oxidation sites excluding steroid dienone is 1. The van der Waals surface area contributed by atoms with Gasteiger partial charge in [-0.25, -0.2) is 0 Å². The zero-order valence-corrected chi connectivity index (χ0v) is 18.7. The Bertz CT molecular complexity index is 1170. The van der Waals surface area contributed by atoms with Crippen molar-refractivity contribution < 1.29 is 9.53 Å². The van der Waals surface area contributed by atoms with Crippen LogP contribution in [0.3, 0.4) is 0 Å².